The van der Waals surface area contributed by atoms with E-state index in [-0.39, 0.29) is 18.4 Å². The van der Waals surface area contributed by atoms with Crippen LogP contribution >= 0.6 is 11.6 Å². The lowest BCUT2D eigenvalue weighted by atomic mass is 10.1. The van der Waals surface area contributed by atoms with Crippen molar-refractivity contribution in [1.29, 1.82) is 0 Å². The third kappa shape index (κ3) is 1.85. The van der Waals surface area contributed by atoms with Crippen LogP contribution in [-0.4, -0.2) is 22.8 Å². The van der Waals surface area contributed by atoms with Crippen molar-refractivity contribution in [2.24, 2.45) is 11.8 Å². The van der Waals surface area contributed by atoms with Crippen molar-refractivity contribution in [2.45, 2.75) is 5.92 Å². The number of halogens is 1. The van der Waals surface area contributed by atoms with Crippen LogP contribution in [0.4, 0.5) is 0 Å². The first-order valence-corrected chi connectivity index (χ1v) is 5.12. The van der Waals surface area contributed by atoms with E-state index in [1.165, 1.54) is 0 Å². The Balaban J connectivity index is 2.22. The standard InChI is InChI=1S/C11H11ClO3/c12-7-3-1-2-6(4-7)9-8(5-13)10(9)11(14)15/h1-4,8-10,13H,5H2,(H,14,15). The van der Waals surface area contributed by atoms with Crippen molar-refractivity contribution >= 4 is 17.6 Å². The van der Waals surface area contributed by atoms with Gasteiger partial charge in [-0.2, -0.15) is 0 Å². The van der Waals surface area contributed by atoms with E-state index in [1.54, 1.807) is 18.2 Å². The fraction of sp³-hybridized carbons (Fsp3) is 0.364. The molecule has 2 N–H and O–H groups in total. The maximum atomic E-state index is 10.9. The topological polar surface area (TPSA) is 57.5 Å². The number of hydrogen-bond donors (Lipinski definition) is 2. The van der Waals surface area contributed by atoms with Gasteiger partial charge in [0.2, 0.25) is 0 Å². The zero-order chi connectivity index (χ0) is 11.0. The average molecular weight is 227 g/mol. The summed E-state index contributed by atoms with van der Waals surface area (Å²) in [5.74, 6) is -1.57. The third-order valence-corrected chi connectivity index (χ3v) is 3.13. The number of aliphatic hydroxyl groups excluding tert-OH is 1. The first-order chi connectivity index (χ1) is 7.15. The van der Waals surface area contributed by atoms with E-state index in [0.29, 0.717) is 5.02 Å². The van der Waals surface area contributed by atoms with Gasteiger partial charge in [-0.1, -0.05) is 23.7 Å². The Morgan fingerprint density at radius 1 is 1.47 bits per heavy atom. The molecule has 1 aromatic carbocycles. The van der Waals surface area contributed by atoms with Crippen LogP contribution in [0.2, 0.25) is 5.02 Å². The first kappa shape index (κ1) is 10.5. The summed E-state index contributed by atoms with van der Waals surface area (Å²) in [5.41, 5.74) is 0.897. The van der Waals surface area contributed by atoms with Crippen molar-refractivity contribution in [1.82, 2.24) is 0 Å². The number of aliphatic hydroxyl groups is 1. The third-order valence-electron chi connectivity index (χ3n) is 2.90. The van der Waals surface area contributed by atoms with Crippen LogP contribution in [0.5, 0.6) is 0 Å². The fourth-order valence-corrected chi connectivity index (χ4v) is 2.30. The molecule has 1 aliphatic carbocycles. The van der Waals surface area contributed by atoms with Gasteiger partial charge >= 0.3 is 5.97 Å². The largest absolute Gasteiger partial charge is 0.481 e. The predicted molar refractivity (Wildman–Crippen MR) is 55.9 cm³/mol. The van der Waals surface area contributed by atoms with Gasteiger partial charge in [0.15, 0.2) is 0 Å². The van der Waals surface area contributed by atoms with Crippen molar-refractivity contribution < 1.29 is 15.0 Å². The summed E-state index contributed by atoms with van der Waals surface area (Å²) in [6.45, 7) is -0.0891. The predicted octanol–water partition coefficient (Wildman–Crippen LogP) is 1.75. The van der Waals surface area contributed by atoms with Gasteiger partial charge < -0.3 is 10.2 Å². The highest BCUT2D eigenvalue weighted by Gasteiger charge is 2.55. The highest BCUT2D eigenvalue weighted by molar-refractivity contribution is 6.30. The van der Waals surface area contributed by atoms with Crippen LogP contribution in [0.1, 0.15) is 11.5 Å². The molecule has 0 spiro atoms. The van der Waals surface area contributed by atoms with Crippen molar-refractivity contribution in [3.63, 3.8) is 0 Å². The fourth-order valence-electron chi connectivity index (χ4n) is 2.11. The normalized spacial score (nSPS) is 28.8. The van der Waals surface area contributed by atoms with Crippen LogP contribution in [0.15, 0.2) is 24.3 Å². The number of rotatable bonds is 3. The van der Waals surface area contributed by atoms with E-state index in [0.717, 1.165) is 5.56 Å². The Morgan fingerprint density at radius 2 is 2.20 bits per heavy atom. The SMILES string of the molecule is O=C(O)C1C(CO)C1c1cccc(Cl)c1. The molecule has 15 heavy (non-hydrogen) atoms. The highest BCUT2D eigenvalue weighted by atomic mass is 35.5. The quantitative estimate of drug-likeness (QED) is 0.826. The minimum absolute atomic E-state index is 0.0891. The molecule has 0 aromatic heterocycles. The van der Waals surface area contributed by atoms with E-state index < -0.39 is 11.9 Å². The van der Waals surface area contributed by atoms with Crippen LogP contribution < -0.4 is 0 Å². The second-order valence-corrected chi connectivity index (χ2v) is 4.23. The summed E-state index contributed by atoms with van der Waals surface area (Å²) in [5, 5.41) is 18.5. The molecule has 4 heteroatoms. The van der Waals surface area contributed by atoms with Crippen LogP contribution in [-0.2, 0) is 4.79 Å². The van der Waals surface area contributed by atoms with E-state index in [1.807, 2.05) is 6.07 Å². The van der Waals surface area contributed by atoms with Gasteiger partial charge in [-0.3, -0.25) is 4.79 Å². The molecule has 1 aliphatic rings. The van der Waals surface area contributed by atoms with Crippen molar-refractivity contribution in [3.8, 4) is 0 Å². The van der Waals surface area contributed by atoms with E-state index >= 15 is 0 Å². The highest BCUT2D eigenvalue weighted by Crippen LogP contribution is 2.53. The Bertz CT molecular complexity index is 391. The smallest absolute Gasteiger partial charge is 0.307 e. The molecule has 3 nitrogen and oxygen atoms in total. The molecule has 0 heterocycles. The summed E-state index contributed by atoms with van der Waals surface area (Å²) in [6.07, 6.45) is 0. The average Bonchev–Trinajstić information content (AvgIpc) is 2.91. The van der Waals surface area contributed by atoms with E-state index in [2.05, 4.69) is 0 Å². The summed E-state index contributed by atoms with van der Waals surface area (Å²) in [4.78, 5) is 10.9. The van der Waals surface area contributed by atoms with Crippen LogP contribution in [0.3, 0.4) is 0 Å². The lowest BCUT2D eigenvalue weighted by molar-refractivity contribution is -0.139. The van der Waals surface area contributed by atoms with Gasteiger partial charge in [-0.15, -0.1) is 0 Å². The maximum absolute atomic E-state index is 10.9. The van der Waals surface area contributed by atoms with Gasteiger partial charge in [0.1, 0.15) is 0 Å². The lowest BCUT2D eigenvalue weighted by Gasteiger charge is -1.99. The second kappa shape index (κ2) is 3.83. The summed E-state index contributed by atoms with van der Waals surface area (Å²) >= 11 is 5.82. The Labute approximate surface area is 92.3 Å². The van der Waals surface area contributed by atoms with Gasteiger partial charge in [0.05, 0.1) is 5.92 Å². The molecule has 0 radical (unpaired) electrons. The Morgan fingerprint density at radius 3 is 2.67 bits per heavy atom. The zero-order valence-corrected chi connectivity index (χ0v) is 8.69. The minimum atomic E-state index is -0.848. The monoisotopic (exact) mass is 226 g/mol. The molecule has 3 unspecified atom stereocenters. The Hall–Kier alpha value is -1.06. The zero-order valence-electron chi connectivity index (χ0n) is 7.93. The van der Waals surface area contributed by atoms with Gasteiger partial charge in [0, 0.05) is 23.5 Å². The number of carbonyl (C=O) groups is 1. The minimum Gasteiger partial charge on any atom is -0.481 e. The maximum Gasteiger partial charge on any atom is 0.307 e. The number of carboxylic acids is 1. The van der Waals surface area contributed by atoms with Crippen LogP contribution in [0.25, 0.3) is 0 Å². The van der Waals surface area contributed by atoms with Gasteiger partial charge in [-0.25, -0.2) is 0 Å². The number of carboxylic acid groups (broad SMARTS) is 1. The summed E-state index contributed by atoms with van der Waals surface area (Å²) in [7, 11) is 0. The molecule has 1 saturated carbocycles. The number of hydrogen-bond acceptors (Lipinski definition) is 2. The molecular formula is C11H11ClO3. The molecule has 0 amide bonds. The molecule has 1 aromatic rings. The van der Waals surface area contributed by atoms with Crippen LogP contribution in [0, 0.1) is 11.8 Å². The van der Waals surface area contributed by atoms with Crippen molar-refractivity contribution in [3.05, 3.63) is 34.9 Å². The van der Waals surface area contributed by atoms with E-state index in [4.69, 9.17) is 21.8 Å². The second-order valence-electron chi connectivity index (χ2n) is 3.79. The number of aliphatic carboxylic acids is 1. The first-order valence-electron chi connectivity index (χ1n) is 4.74. The molecule has 0 bridgehead atoms. The summed E-state index contributed by atoms with van der Waals surface area (Å²) < 4.78 is 0. The molecule has 0 saturated heterocycles. The molecule has 80 valence electrons. The van der Waals surface area contributed by atoms with Crippen molar-refractivity contribution in [2.75, 3.05) is 6.61 Å². The molecule has 2 rings (SSSR count). The lowest BCUT2D eigenvalue weighted by Crippen LogP contribution is -2.01. The van der Waals surface area contributed by atoms with Gasteiger partial charge in [-0.05, 0) is 17.7 Å². The number of benzene rings is 1. The Kier molecular flexibility index (Phi) is 2.67. The van der Waals surface area contributed by atoms with Gasteiger partial charge in [0.25, 0.3) is 0 Å². The molecule has 3 atom stereocenters. The molecule has 1 fully saturated rings. The summed E-state index contributed by atoms with van der Waals surface area (Å²) in [6, 6.07) is 7.15. The molecular weight excluding hydrogens is 216 g/mol. The molecule has 0 aliphatic heterocycles. The van der Waals surface area contributed by atoms with E-state index in [9.17, 15) is 4.79 Å².